The van der Waals surface area contributed by atoms with E-state index in [2.05, 4.69) is 19.2 Å². The van der Waals surface area contributed by atoms with Crippen LogP contribution in [0.5, 0.6) is 11.5 Å². The fraction of sp³-hybridized carbons (Fsp3) is 0.353. The van der Waals surface area contributed by atoms with Crippen molar-refractivity contribution in [2.45, 2.75) is 13.8 Å². The van der Waals surface area contributed by atoms with Gasteiger partial charge in [0.1, 0.15) is 13.2 Å². The van der Waals surface area contributed by atoms with Gasteiger partial charge in [0.05, 0.1) is 4.88 Å². The summed E-state index contributed by atoms with van der Waals surface area (Å²) in [5, 5.41) is 2.94. The van der Waals surface area contributed by atoms with Gasteiger partial charge in [0.15, 0.2) is 11.5 Å². The number of carbonyl (C=O) groups is 1. The van der Waals surface area contributed by atoms with Crippen molar-refractivity contribution in [1.82, 2.24) is 5.32 Å². The fourth-order valence-electron chi connectivity index (χ4n) is 2.20. The number of hydrogen-bond donors (Lipinski definition) is 1. The molecule has 0 atom stereocenters. The Bertz CT molecular complexity index is 678. The Hall–Kier alpha value is -2.01. The van der Waals surface area contributed by atoms with Crippen molar-refractivity contribution >= 4 is 17.2 Å². The molecule has 2 heterocycles. The van der Waals surface area contributed by atoms with Crippen LogP contribution in [0.3, 0.4) is 0 Å². The minimum atomic E-state index is -0.0116. The van der Waals surface area contributed by atoms with Crippen LogP contribution >= 0.6 is 11.3 Å². The molecule has 3 rings (SSSR count). The molecule has 1 N–H and O–H groups in total. The van der Waals surface area contributed by atoms with Crippen molar-refractivity contribution in [3.63, 3.8) is 0 Å². The summed E-state index contributed by atoms with van der Waals surface area (Å²) in [5.74, 6) is 1.98. The number of fused-ring (bicyclic) bond motifs is 1. The maximum atomic E-state index is 12.1. The molecule has 1 amide bonds. The molecule has 0 aliphatic carbocycles. The third-order valence-corrected chi connectivity index (χ3v) is 4.46. The molecule has 0 saturated heterocycles. The van der Waals surface area contributed by atoms with Crippen LogP contribution < -0.4 is 14.8 Å². The van der Waals surface area contributed by atoms with Gasteiger partial charge in [-0.2, -0.15) is 0 Å². The zero-order valence-corrected chi connectivity index (χ0v) is 13.5. The number of amides is 1. The average Bonchev–Trinajstić information content (AvgIpc) is 3.02. The number of ether oxygens (including phenoxy) is 2. The second-order valence-corrected chi connectivity index (χ2v) is 6.71. The zero-order valence-electron chi connectivity index (χ0n) is 12.7. The molecular weight excluding hydrogens is 298 g/mol. The standard InChI is InChI=1S/C17H19NO3S/c1-11(2)10-18-17(19)16-6-5-15(22-16)12-3-4-13-14(9-12)21-8-7-20-13/h3-6,9,11H,7-8,10H2,1-2H3,(H,18,19). The van der Waals surface area contributed by atoms with Crippen molar-refractivity contribution in [2.75, 3.05) is 19.8 Å². The normalized spacial score (nSPS) is 13.2. The smallest absolute Gasteiger partial charge is 0.261 e. The highest BCUT2D eigenvalue weighted by atomic mass is 32.1. The Balaban J connectivity index is 1.77. The molecule has 5 heteroatoms. The van der Waals surface area contributed by atoms with Gasteiger partial charge in [-0.25, -0.2) is 0 Å². The van der Waals surface area contributed by atoms with Gasteiger partial charge in [-0.05, 0) is 41.8 Å². The third kappa shape index (κ3) is 3.25. The first-order valence-electron chi connectivity index (χ1n) is 7.41. The van der Waals surface area contributed by atoms with E-state index in [4.69, 9.17) is 9.47 Å². The Kier molecular flexibility index (Phi) is 4.34. The van der Waals surface area contributed by atoms with Crippen LogP contribution in [0.15, 0.2) is 30.3 Å². The largest absolute Gasteiger partial charge is 0.486 e. The molecule has 1 aromatic heterocycles. The van der Waals surface area contributed by atoms with Gasteiger partial charge in [0.25, 0.3) is 5.91 Å². The number of thiophene rings is 1. The summed E-state index contributed by atoms with van der Waals surface area (Å²) in [5.41, 5.74) is 1.04. The highest BCUT2D eigenvalue weighted by Crippen LogP contribution is 2.36. The van der Waals surface area contributed by atoms with E-state index in [0.717, 1.165) is 26.8 Å². The van der Waals surface area contributed by atoms with Crippen molar-refractivity contribution in [2.24, 2.45) is 5.92 Å². The topological polar surface area (TPSA) is 47.6 Å². The van der Waals surface area contributed by atoms with Crippen LogP contribution in [0, 0.1) is 5.92 Å². The Morgan fingerprint density at radius 3 is 2.73 bits per heavy atom. The lowest BCUT2D eigenvalue weighted by molar-refractivity contribution is 0.0953. The highest BCUT2D eigenvalue weighted by Gasteiger charge is 2.15. The van der Waals surface area contributed by atoms with Crippen LogP contribution in [0.1, 0.15) is 23.5 Å². The summed E-state index contributed by atoms with van der Waals surface area (Å²) in [6, 6.07) is 9.72. The molecule has 116 valence electrons. The van der Waals surface area contributed by atoms with E-state index >= 15 is 0 Å². The van der Waals surface area contributed by atoms with Gasteiger partial charge in [-0.1, -0.05) is 13.8 Å². The number of nitrogens with one attached hydrogen (secondary N) is 1. The predicted molar refractivity (Wildman–Crippen MR) is 87.9 cm³/mol. The van der Waals surface area contributed by atoms with E-state index in [9.17, 15) is 4.79 Å². The van der Waals surface area contributed by atoms with Gasteiger partial charge < -0.3 is 14.8 Å². The molecule has 0 bridgehead atoms. The summed E-state index contributed by atoms with van der Waals surface area (Å²) in [4.78, 5) is 13.9. The van der Waals surface area contributed by atoms with Crippen LogP contribution in [-0.2, 0) is 0 Å². The number of benzene rings is 1. The van der Waals surface area contributed by atoms with Crippen molar-refractivity contribution in [1.29, 1.82) is 0 Å². The average molecular weight is 317 g/mol. The molecule has 0 fully saturated rings. The van der Waals surface area contributed by atoms with E-state index in [-0.39, 0.29) is 5.91 Å². The summed E-state index contributed by atoms with van der Waals surface area (Å²) in [6.07, 6.45) is 0. The van der Waals surface area contributed by atoms with E-state index in [1.807, 2.05) is 30.3 Å². The summed E-state index contributed by atoms with van der Waals surface area (Å²) >= 11 is 1.49. The van der Waals surface area contributed by atoms with Crippen molar-refractivity contribution < 1.29 is 14.3 Å². The molecule has 2 aromatic rings. The SMILES string of the molecule is CC(C)CNC(=O)c1ccc(-c2ccc3c(c2)OCCO3)s1. The maximum absolute atomic E-state index is 12.1. The van der Waals surface area contributed by atoms with Gasteiger partial charge in [0, 0.05) is 11.4 Å². The summed E-state index contributed by atoms with van der Waals surface area (Å²) in [6.45, 7) is 6.01. The first-order chi connectivity index (χ1) is 10.6. The summed E-state index contributed by atoms with van der Waals surface area (Å²) < 4.78 is 11.1. The van der Waals surface area contributed by atoms with E-state index in [1.54, 1.807) is 0 Å². The fourth-order valence-corrected chi connectivity index (χ4v) is 3.11. The molecule has 1 aliphatic heterocycles. The first-order valence-corrected chi connectivity index (χ1v) is 8.23. The van der Waals surface area contributed by atoms with Crippen molar-refractivity contribution in [3.8, 4) is 21.9 Å². The van der Waals surface area contributed by atoms with Gasteiger partial charge in [-0.15, -0.1) is 11.3 Å². The molecule has 1 aromatic carbocycles. The molecule has 0 spiro atoms. The molecule has 1 aliphatic rings. The van der Waals surface area contributed by atoms with Crippen LogP contribution in [-0.4, -0.2) is 25.7 Å². The lowest BCUT2D eigenvalue weighted by atomic mass is 10.1. The minimum absolute atomic E-state index is 0.0116. The van der Waals surface area contributed by atoms with Gasteiger partial charge >= 0.3 is 0 Å². The lowest BCUT2D eigenvalue weighted by Crippen LogP contribution is -2.26. The second kappa shape index (κ2) is 6.40. The quantitative estimate of drug-likeness (QED) is 0.938. The van der Waals surface area contributed by atoms with E-state index in [0.29, 0.717) is 25.7 Å². The Labute approximate surface area is 134 Å². The first kappa shape index (κ1) is 14.9. The molecule has 0 unspecified atom stereocenters. The van der Waals surface area contributed by atoms with E-state index in [1.165, 1.54) is 11.3 Å². The summed E-state index contributed by atoms with van der Waals surface area (Å²) in [7, 11) is 0. The zero-order chi connectivity index (χ0) is 15.5. The van der Waals surface area contributed by atoms with E-state index < -0.39 is 0 Å². The molecule has 4 nitrogen and oxygen atoms in total. The van der Waals surface area contributed by atoms with Gasteiger partial charge in [0.2, 0.25) is 0 Å². The minimum Gasteiger partial charge on any atom is -0.486 e. The monoisotopic (exact) mass is 317 g/mol. The Morgan fingerprint density at radius 2 is 1.95 bits per heavy atom. The van der Waals surface area contributed by atoms with Crippen LogP contribution in [0.4, 0.5) is 0 Å². The number of rotatable bonds is 4. The van der Waals surface area contributed by atoms with Crippen LogP contribution in [0.2, 0.25) is 0 Å². The van der Waals surface area contributed by atoms with Gasteiger partial charge in [-0.3, -0.25) is 4.79 Å². The Morgan fingerprint density at radius 1 is 1.18 bits per heavy atom. The second-order valence-electron chi connectivity index (χ2n) is 5.63. The number of hydrogen-bond acceptors (Lipinski definition) is 4. The lowest BCUT2D eigenvalue weighted by Gasteiger charge is -2.18. The molecule has 0 saturated carbocycles. The molecule has 22 heavy (non-hydrogen) atoms. The van der Waals surface area contributed by atoms with Crippen LogP contribution in [0.25, 0.3) is 10.4 Å². The van der Waals surface area contributed by atoms with Crippen molar-refractivity contribution in [3.05, 3.63) is 35.2 Å². The maximum Gasteiger partial charge on any atom is 0.261 e. The molecular formula is C17H19NO3S. The number of carbonyl (C=O) groups excluding carboxylic acids is 1. The predicted octanol–water partition coefficient (Wildman–Crippen LogP) is 3.57. The third-order valence-electron chi connectivity index (χ3n) is 3.33. The molecule has 0 radical (unpaired) electrons. The highest BCUT2D eigenvalue weighted by molar-refractivity contribution is 7.17.